The van der Waals surface area contributed by atoms with Crippen molar-refractivity contribution in [3.8, 4) is 0 Å². The van der Waals surface area contributed by atoms with Gasteiger partial charge in [0.2, 0.25) is 11.8 Å². The van der Waals surface area contributed by atoms with Gasteiger partial charge in [-0.1, -0.05) is 23.8 Å². The fraction of sp³-hybridized carbons (Fsp3) is 0.389. The lowest BCUT2D eigenvalue weighted by Gasteiger charge is -2.26. The van der Waals surface area contributed by atoms with E-state index >= 15 is 0 Å². The lowest BCUT2D eigenvalue weighted by atomic mass is 9.77. The van der Waals surface area contributed by atoms with Gasteiger partial charge in [0.05, 0.1) is 47.4 Å². The van der Waals surface area contributed by atoms with Crippen LogP contribution >= 0.6 is 11.6 Å². The Labute approximate surface area is 154 Å². The van der Waals surface area contributed by atoms with Gasteiger partial charge in [-0.15, -0.1) is 0 Å². The van der Waals surface area contributed by atoms with E-state index in [0.717, 1.165) is 4.90 Å². The van der Waals surface area contributed by atoms with Crippen molar-refractivity contribution in [1.82, 2.24) is 0 Å². The Morgan fingerprint density at radius 2 is 2.15 bits per heavy atom. The highest BCUT2D eigenvalue weighted by Crippen LogP contribution is 2.52. The Bertz CT molecular complexity index is 852. The van der Waals surface area contributed by atoms with Crippen LogP contribution in [0.5, 0.6) is 0 Å². The zero-order valence-electron chi connectivity index (χ0n) is 13.8. The summed E-state index contributed by atoms with van der Waals surface area (Å²) in [5, 5.41) is 9.90. The van der Waals surface area contributed by atoms with E-state index in [4.69, 9.17) is 21.1 Å². The van der Waals surface area contributed by atoms with Crippen LogP contribution in [0, 0.1) is 11.8 Å². The lowest BCUT2D eigenvalue weighted by molar-refractivity contribution is -0.128. The normalized spacial score (nSPS) is 31.7. The first-order valence-electron chi connectivity index (χ1n) is 8.26. The molecule has 3 aliphatic rings. The molecule has 1 aromatic rings. The van der Waals surface area contributed by atoms with E-state index in [0.29, 0.717) is 0 Å². The first-order valence-corrected chi connectivity index (χ1v) is 8.64. The van der Waals surface area contributed by atoms with Crippen molar-refractivity contribution in [2.75, 3.05) is 18.1 Å². The number of carbonyl (C=O) groups is 3. The topological polar surface area (TPSA) is 93.1 Å². The molecule has 8 heteroatoms. The number of amides is 2. The summed E-state index contributed by atoms with van der Waals surface area (Å²) in [5.74, 6) is -2.96. The van der Waals surface area contributed by atoms with Crippen LogP contribution in [0.15, 0.2) is 30.4 Å². The second kappa shape index (κ2) is 5.90. The maximum absolute atomic E-state index is 13.0. The first-order chi connectivity index (χ1) is 12.4. The Hall–Kier alpha value is -2.22. The van der Waals surface area contributed by atoms with Crippen molar-refractivity contribution >= 4 is 35.1 Å². The van der Waals surface area contributed by atoms with Gasteiger partial charge in [0.15, 0.2) is 0 Å². The van der Waals surface area contributed by atoms with Gasteiger partial charge in [0.25, 0.3) is 0 Å². The molecular weight excluding hydrogens is 362 g/mol. The van der Waals surface area contributed by atoms with Gasteiger partial charge in [0.1, 0.15) is 5.60 Å². The Morgan fingerprint density at radius 3 is 2.85 bits per heavy atom. The van der Waals surface area contributed by atoms with Gasteiger partial charge < -0.3 is 14.6 Å². The fourth-order valence-corrected chi connectivity index (χ4v) is 4.15. The van der Waals surface area contributed by atoms with Gasteiger partial charge in [-0.05, 0) is 25.1 Å². The zero-order valence-corrected chi connectivity index (χ0v) is 14.6. The molecule has 4 rings (SSSR count). The van der Waals surface area contributed by atoms with Crippen molar-refractivity contribution in [1.29, 1.82) is 0 Å². The number of esters is 1. The SMILES string of the molecule is CCOC(=O)c1cc(N2C(=O)[C@@H]3[C@H]4C=C[C@@](CO)(O4)[C@H]3C2=O)ccc1Cl. The van der Waals surface area contributed by atoms with E-state index in [-0.39, 0.29) is 29.5 Å². The third-order valence-corrected chi connectivity index (χ3v) is 5.44. The molecule has 0 radical (unpaired) electrons. The van der Waals surface area contributed by atoms with E-state index in [1.54, 1.807) is 19.1 Å². The highest BCUT2D eigenvalue weighted by Gasteiger charge is 2.67. The number of ether oxygens (including phenoxy) is 2. The molecule has 2 fully saturated rings. The molecule has 0 spiro atoms. The third-order valence-electron chi connectivity index (χ3n) is 5.11. The Balaban J connectivity index is 1.72. The van der Waals surface area contributed by atoms with Gasteiger partial charge in [-0.25, -0.2) is 9.69 Å². The molecule has 1 aromatic carbocycles. The number of fused-ring (bicyclic) bond motifs is 5. The highest BCUT2D eigenvalue weighted by atomic mass is 35.5. The molecule has 7 nitrogen and oxygen atoms in total. The molecule has 1 N–H and O–H groups in total. The zero-order chi connectivity index (χ0) is 18.6. The van der Waals surface area contributed by atoms with Crippen LogP contribution in [0.4, 0.5) is 5.69 Å². The van der Waals surface area contributed by atoms with Gasteiger partial charge >= 0.3 is 5.97 Å². The van der Waals surface area contributed by atoms with Crippen molar-refractivity contribution in [2.45, 2.75) is 18.6 Å². The van der Waals surface area contributed by atoms with E-state index in [2.05, 4.69) is 0 Å². The van der Waals surface area contributed by atoms with Crippen LogP contribution in [-0.2, 0) is 19.1 Å². The van der Waals surface area contributed by atoms with Gasteiger partial charge in [-0.3, -0.25) is 9.59 Å². The molecule has 0 unspecified atom stereocenters. The van der Waals surface area contributed by atoms with Crippen LogP contribution in [-0.4, -0.2) is 47.8 Å². The average Bonchev–Trinajstić information content (AvgIpc) is 3.27. The standard InChI is InChI=1S/C18H16ClNO6/c1-2-25-17(24)10-7-9(3-4-11(10)19)20-15(22)13-12-5-6-18(8-21,26-12)14(13)16(20)23/h3-7,12-14,21H,2,8H2,1H3/t12-,13-,14-,18+/m1/s1. The van der Waals surface area contributed by atoms with Crippen LogP contribution in [0.1, 0.15) is 17.3 Å². The van der Waals surface area contributed by atoms with Crippen molar-refractivity contribution in [3.63, 3.8) is 0 Å². The maximum atomic E-state index is 13.0. The van der Waals surface area contributed by atoms with E-state index < -0.39 is 41.3 Å². The lowest BCUT2D eigenvalue weighted by Crippen LogP contribution is -2.43. The first kappa shape index (κ1) is 17.2. The van der Waals surface area contributed by atoms with Crippen LogP contribution < -0.4 is 4.90 Å². The summed E-state index contributed by atoms with van der Waals surface area (Å²) in [5.41, 5.74) is -0.833. The summed E-state index contributed by atoms with van der Waals surface area (Å²) >= 11 is 6.05. The molecule has 2 amide bonds. The number of hydrogen-bond acceptors (Lipinski definition) is 6. The third kappa shape index (κ3) is 2.17. The molecular formula is C18H16ClNO6. The van der Waals surface area contributed by atoms with Crippen molar-refractivity contribution < 1.29 is 29.0 Å². The number of benzene rings is 1. The number of anilines is 1. The molecule has 2 saturated heterocycles. The maximum Gasteiger partial charge on any atom is 0.339 e. The van der Waals surface area contributed by atoms with E-state index in [9.17, 15) is 19.5 Å². The van der Waals surface area contributed by atoms with E-state index in [1.807, 2.05) is 0 Å². The fourth-order valence-electron chi connectivity index (χ4n) is 3.96. The molecule has 4 atom stereocenters. The molecule has 136 valence electrons. The number of hydrogen-bond donors (Lipinski definition) is 1. The minimum atomic E-state index is -1.16. The van der Waals surface area contributed by atoms with Gasteiger partial charge in [0, 0.05) is 0 Å². The largest absolute Gasteiger partial charge is 0.462 e. The average molecular weight is 378 g/mol. The number of aliphatic hydroxyl groups excluding tert-OH is 1. The second-order valence-corrected chi connectivity index (χ2v) is 6.86. The predicted octanol–water partition coefficient (Wildman–Crippen LogP) is 1.32. The predicted molar refractivity (Wildman–Crippen MR) is 90.7 cm³/mol. The molecule has 3 heterocycles. The number of halogens is 1. The van der Waals surface area contributed by atoms with Crippen LogP contribution in [0.25, 0.3) is 0 Å². The smallest absolute Gasteiger partial charge is 0.339 e. The summed E-state index contributed by atoms with van der Waals surface area (Å²) in [6, 6.07) is 4.33. The quantitative estimate of drug-likeness (QED) is 0.483. The molecule has 0 aromatic heterocycles. The molecule has 0 saturated carbocycles. The summed E-state index contributed by atoms with van der Waals surface area (Å²) in [6.45, 7) is 1.46. The van der Waals surface area contributed by atoms with Crippen LogP contribution in [0.2, 0.25) is 5.02 Å². The van der Waals surface area contributed by atoms with Crippen molar-refractivity contribution in [2.24, 2.45) is 11.8 Å². The molecule has 2 bridgehead atoms. The molecule has 3 aliphatic heterocycles. The number of nitrogens with zero attached hydrogens (tertiary/aromatic N) is 1. The monoisotopic (exact) mass is 377 g/mol. The highest BCUT2D eigenvalue weighted by molar-refractivity contribution is 6.34. The number of carbonyl (C=O) groups excluding carboxylic acids is 3. The summed E-state index contributed by atoms with van der Waals surface area (Å²) in [4.78, 5) is 39.0. The van der Waals surface area contributed by atoms with E-state index in [1.165, 1.54) is 18.2 Å². The second-order valence-electron chi connectivity index (χ2n) is 6.45. The van der Waals surface area contributed by atoms with Gasteiger partial charge in [-0.2, -0.15) is 0 Å². The molecule has 26 heavy (non-hydrogen) atoms. The number of imide groups is 1. The summed E-state index contributed by atoms with van der Waals surface area (Å²) in [6.07, 6.45) is 2.82. The Kier molecular flexibility index (Phi) is 3.91. The van der Waals surface area contributed by atoms with Crippen LogP contribution in [0.3, 0.4) is 0 Å². The minimum Gasteiger partial charge on any atom is -0.462 e. The number of aliphatic hydroxyl groups is 1. The summed E-state index contributed by atoms with van der Waals surface area (Å²) in [7, 11) is 0. The number of rotatable bonds is 4. The van der Waals surface area contributed by atoms with Crippen molar-refractivity contribution in [3.05, 3.63) is 40.9 Å². The Morgan fingerprint density at radius 1 is 1.38 bits per heavy atom. The summed E-state index contributed by atoms with van der Waals surface area (Å²) < 4.78 is 10.6. The molecule has 0 aliphatic carbocycles. The minimum absolute atomic E-state index is 0.0814.